The van der Waals surface area contributed by atoms with Crippen molar-refractivity contribution in [3.8, 4) is 0 Å². The van der Waals surface area contributed by atoms with Crippen LogP contribution in [0.25, 0.3) is 0 Å². The molecule has 0 saturated heterocycles. The normalized spacial score (nSPS) is 10.1. The van der Waals surface area contributed by atoms with Gasteiger partial charge in [0.1, 0.15) is 0 Å². The molecule has 0 spiro atoms. The van der Waals surface area contributed by atoms with Crippen molar-refractivity contribution in [1.29, 1.82) is 0 Å². The summed E-state index contributed by atoms with van der Waals surface area (Å²) in [5, 5.41) is 16.5. The maximum absolute atomic E-state index is 11.8. The van der Waals surface area contributed by atoms with Crippen molar-refractivity contribution in [3.05, 3.63) is 69.8 Å². The first-order valence-electron chi connectivity index (χ1n) is 7.36. The average Bonchev–Trinajstić information content (AvgIpc) is 2.55. The predicted molar refractivity (Wildman–Crippen MR) is 89.5 cm³/mol. The van der Waals surface area contributed by atoms with Crippen molar-refractivity contribution in [2.75, 3.05) is 18.4 Å². The Labute approximate surface area is 134 Å². The van der Waals surface area contributed by atoms with Gasteiger partial charge in [-0.15, -0.1) is 0 Å². The van der Waals surface area contributed by atoms with Gasteiger partial charge in [0.2, 0.25) is 5.91 Å². The second kappa shape index (κ2) is 7.93. The number of non-ortho nitro benzene ring substituents is 1. The molecule has 2 N–H and O–H groups in total. The fourth-order valence-electron chi connectivity index (χ4n) is 2.14. The molecule has 0 radical (unpaired) electrons. The molecule has 0 aliphatic carbocycles. The van der Waals surface area contributed by atoms with Crippen molar-refractivity contribution >= 4 is 17.3 Å². The van der Waals surface area contributed by atoms with Gasteiger partial charge in [0.15, 0.2) is 0 Å². The molecule has 6 heteroatoms. The number of nitro groups is 1. The fourth-order valence-corrected chi connectivity index (χ4v) is 2.14. The van der Waals surface area contributed by atoms with Gasteiger partial charge in [0.05, 0.1) is 11.5 Å². The van der Waals surface area contributed by atoms with Gasteiger partial charge in [-0.05, 0) is 24.5 Å². The van der Waals surface area contributed by atoms with Crippen molar-refractivity contribution in [2.24, 2.45) is 0 Å². The molecule has 0 bridgehead atoms. The van der Waals surface area contributed by atoms with E-state index in [2.05, 4.69) is 10.6 Å². The number of hydrogen-bond acceptors (Lipinski definition) is 4. The van der Waals surface area contributed by atoms with E-state index in [0.29, 0.717) is 12.2 Å². The van der Waals surface area contributed by atoms with Gasteiger partial charge in [0.25, 0.3) is 5.69 Å². The van der Waals surface area contributed by atoms with E-state index in [1.54, 1.807) is 6.07 Å². The Morgan fingerprint density at radius 1 is 1.17 bits per heavy atom. The van der Waals surface area contributed by atoms with Crippen LogP contribution in [0.2, 0.25) is 0 Å². The Balaban J connectivity index is 1.80. The summed E-state index contributed by atoms with van der Waals surface area (Å²) in [7, 11) is 0. The van der Waals surface area contributed by atoms with Gasteiger partial charge >= 0.3 is 0 Å². The molecule has 2 aromatic rings. The molecular weight excluding hydrogens is 294 g/mol. The first-order chi connectivity index (χ1) is 11.1. The van der Waals surface area contributed by atoms with Crippen LogP contribution < -0.4 is 10.6 Å². The van der Waals surface area contributed by atoms with Crippen LogP contribution in [-0.2, 0) is 11.2 Å². The van der Waals surface area contributed by atoms with Crippen LogP contribution in [0, 0.1) is 17.0 Å². The number of amides is 1. The lowest BCUT2D eigenvalue weighted by Gasteiger charge is -2.10. The van der Waals surface area contributed by atoms with Gasteiger partial charge in [0, 0.05) is 24.4 Å². The van der Waals surface area contributed by atoms with Crippen LogP contribution in [0.5, 0.6) is 0 Å². The second-order valence-electron chi connectivity index (χ2n) is 5.20. The zero-order valence-electron chi connectivity index (χ0n) is 12.9. The minimum absolute atomic E-state index is 0.00239. The number of nitro benzene ring substituents is 1. The molecule has 0 saturated carbocycles. The maximum atomic E-state index is 11.8. The van der Waals surface area contributed by atoms with E-state index in [-0.39, 0.29) is 18.1 Å². The fraction of sp³-hybridized carbons (Fsp3) is 0.235. The summed E-state index contributed by atoms with van der Waals surface area (Å²) in [5.41, 5.74) is 2.61. The standard InChI is InChI=1S/C17H19N3O3/c1-13-7-8-15(20(22)23)11-16(13)19-12-17(21)18-10-9-14-5-3-2-4-6-14/h2-8,11,19H,9-10,12H2,1H3,(H,18,21). The van der Waals surface area contributed by atoms with Gasteiger partial charge in [-0.3, -0.25) is 14.9 Å². The van der Waals surface area contributed by atoms with Crippen LogP contribution in [0.3, 0.4) is 0 Å². The molecule has 0 heterocycles. The first-order valence-corrected chi connectivity index (χ1v) is 7.36. The monoisotopic (exact) mass is 313 g/mol. The molecule has 6 nitrogen and oxygen atoms in total. The molecule has 0 aliphatic rings. The zero-order valence-corrected chi connectivity index (χ0v) is 12.9. The van der Waals surface area contributed by atoms with Gasteiger partial charge in [-0.25, -0.2) is 0 Å². The van der Waals surface area contributed by atoms with E-state index in [1.807, 2.05) is 37.3 Å². The number of anilines is 1. The average molecular weight is 313 g/mol. The molecule has 2 aromatic carbocycles. The highest BCUT2D eigenvalue weighted by Gasteiger charge is 2.09. The lowest BCUT2D eigenvalue weighted by molar-refractivity contribution is -0.384. The topological polar surface area (TPSA) is 84.3 Å². The lowest BCUT2D eigenvalue weighted by Crippen LogP contribution is -2.31. The summed E-state index contributed by atoms with van der Waals surface area (Å²) in [6.07, 6.45) is 0.766. The van der Waals surface area contributed by atoms with Crippen LogP contribution in [0.1, 0.15) is 11.1 Å². The smallest absolute Gasteiger partial charge is 0.271 e. The number of rotatable bonds is 7. The summed E-state index contributed by atoms with van der Waals surface area (Å²) in [6.45, 7) is 2.47. The Bertz CT molecular complexity index is 687. The highest BCUT2D eigenvalue weighted by atomic mass is 16.6. The van der Waals surface area contributed by atoms with E-state index in [9.17, 15) is 14.9 Å². The van der Waals surface area contributed by atoms with Crippen LogP contribution >= 0.6 is 0 Å². The van der Waals surface area contributed by atoms with E-state index >= 15 is 0 Å². The molecule has 2 rings (SSSR count). The van der Waals surface area contributed by atoms with Gasteiger partial charge in [-0.2, -0.15) is 0 Å². The molecule has 0 atom stereocenters. The molecule has 0 aromatic heterocycles. The van der Waals surface area contributed by atoms with E-state index < -0.39 is 4.92 Å². The number of carbonyl (C=O) groups is 1. The lowest BCUT2D eigenvalue weighted by atomic mass is 10.1. The summed E-state index contributed by atoms with van der Waals surface area (Å²) in [6, 6.07) is 14.4. The van der Waals surface area contributed by atoms with Gasteiger partial charge in [-0.1, -0.05) is 36.4 Å². The van der Waals surface area contributed by atoms with Crippen molar-refractivity contribution in [1.82, 2.24) is 5.32 Å². The Morgan fingerprint density at radius 2 is 1.91 bits per heavy atom. The van der Waals surface area contributed by atoms with E-state index in [4.69, 9.17) is 0 Å². The van der Waals surface area contributed by atoms with Crippen LogP contribution in [-0.4, -0.2) is 23.9 Å². The Hall–Kier alpha value is -2.89. The third kappa shape index (κ3) is 5.10. The summed E-state index contributed by atoms with van der Waals surface area (Å²) < 4.78 is 0. The van der Waals surface area contributed by atoms with E-state index in [0.717, 1.165) is 17.5 Å². The predicted octanol–water partition coefficient (Wildman–Crippen LogP) is 2.67. The van der Waals surface area contributed by atoms with Crippen LogP contribution in [0.4, 0.5) is 11.4 Å². The third-order valence-corrected chi connectivity index (χ3v) is 3.45. The Morgan fingerprint density at radius 3 is 2.61 bits per heavy atom. The van der Waals surface area contributed by atoms with Crippen molar-refractivity contribution in [2.45, 2.75) is 13.3 Å². The molecule has 0 aliphatic heterocycles. The number of nitrogens with one attached hydrogen (secondary N) is 2. The minimum Gasteiger partial charge on any atom is -0.376 e. The number of hydrogen-bond donors (Lipinski definition) is 2. The molecule has 120 valence electrons. The molecule has 1 amide bonds. The third-order valence-electron chi connectivity index (χ3n) is 3.45. The Kier molecular flexibility index (Phi) is 5.68. The highest BCUT2D eigenvalue weighted by molar-refractivity contribution is 5.81. The summed E-state index contributed by atoms with van der Waals surface area (Å²) >= 11 is 0. The van der Waals surface area contributed by atoms with Crippen molar-refractivity contribution < 1.29 is 9.72 Å². The SMILES string of the molecule is Cc1ccc([N+](=O)[O-])cc1NCC(=O)NCCc1ccccc1. The number of nitrogens with zero attached hydrogens (tertiary/aromatic N) is 1. The van der Waals surface area contributed by atoms with Crippen LogP contribution in [0.15, 0.2) is 48.5 Å². The number of benzene rings is 2. The van der Waals surface area contributed by atoms with Gasteiger partial charge < -0.3 is 10.6 Å². The quantitative estimate of drug-likeness (QED) is 0.608. The number of carbonyl (C=O) groups excluding carboxylic acids is 1. The zero-order chi connectivity index (χ0) is 16.7. The largest absolute Gasteiger partial charge is 0.376 e. The van der Waals surface area contributed by atoms with Crippen molar-refractivity contribution in [3.63, 3.8) is 0 Å². The maximum Gasteiger partial charge on any atom is 0.271 e. The molecule has 0 unspecified atom stereocenters. The first kappa shape index (κ1) is 16.5. The molecular formula is C17H19N3O3. The summed E-state index contributed by atoms with van der Waals surface area (Å²) in [5.74, 6) is -0.146. The summed E-state index contributed by atoms with van der Waals surface area (Å²) in [4.78, 5) is 22.2. The highest BCUT2D eigenvalue weighted by Crippen LogP contribution is 2.21. The minimum atomic E-state index is -0.454. The molecule has 23 heavy (non-hydrogen) atoms. The van der Waals surface area contributed by atoms with E-state index in [1.165, 1.54) is 12.1 Å². The second-order valence-corrected chi connectivity index (χ2v) is 5.20. The number of aryl methyl sites for hydroxylation is 1. The molecule has 0 fully saturated rings.